The van der Waals surface area contributed by atoms with Crippen molar-refractivity contribution >= 4 is 5.95 Å². The lowest BCUT2D eigenvalue weighted by Crippen LogP contribution is -2.28. The van der Waals surface area contributed by atoms with Crippen LogP contribution in [0.2, 0.25) is 0 Å². The zero-order valence-electron chi connectivity index (χ0n) is 14.4. The average Bonchev–Trinajstić information content (AvgIpc) is 3.10. The van der Waals surface area contributed by atoms with Crippen molar-refractivity contribution in [3.63, 3.8) is 0 Å². The lowest BCUT2D eigenvalue weighted by Gasteiger charge is -2.32. The van der Waals surface area contributed by atoms with Crippen molar-refractivity contribution in [1.82, 2.24) is 14.8 Å². The van der Waals surface area contributed by atoms with Gasteiger partial charge in [0.1, 0.15) is 12.1 Å². The van der Waals surface area contributed by atoms with Crippen LogP contribution in [0.5, 0.6) is 0 Å². The molecule has 4 rings (SSSR count). The van der Waals surface area contributed by atoms with Crippen LogP contribution in [0, 0.1) is 5.82 Å². The van der Waals surface area contributed by atoms with Gasteiger partial charge in [0, 0.05) is 0 Å². The Bertz CT molecular complexity index is 852. The first kappa shape index (κ1) is 15.8. The molecule has 0 radical (unpaired) electrons. The zero-order chi connectivity index (χ0) is 17.4. The highest BCUT2D eigenvalue weighted by molar-refractivity contribution is 5.38. The van der Waals surface area contributed by atoms with Crippen LogP contribution in [0.4, 0.5) is 10.3 Å². The van der Waals surface area contributed by atoms with Gasteiger partial charge in [-0.05, 0) is 41.2 Å². The molecular formula is C20H21FN4. The summed E-state index contributed by atoms with van der Waals surface area (Å²) in [5, 5.41) is 7.81. The molecule has 5 heteroatoms. The lowest BCUT2D eigenvalue weighted by molar-refractivity contribution is 0.430. The van der Waals surface area contributed by atoms with Gasteiger partial charge in [0.25, 0.3) is 0 Å². The van der Waals surface area contributed by atoms with Gasteiger partial charge in [-0.15, -0.1) is 0 Å². The molecule has 0 saturated carbocycles. The van der Waals surface area contributed by atoms with Gasteiger partial charge >= 0.3 is 0 Å². The Morgan fingerprint density at radius 3 is 2.40 bits per heavy atom. The summed E-state index contributed by atoms with van der Waals surface area (Å²) in [5.74, 6) is 1.04. The summed E-state index contributed by atoms with van der Waals surface area (Å²) >= 11 is 0. The minimum Gasteiger partial charge on any atom is -0.348 e. The number of halogens is 1. The van der Waals surface area contributed by atoms with Crippen molar-refractivity contribution in [3.8, 4) is 0 Å². The van der Waals surface area contributed by atoms with Crippen molar-refractivity contribution in [3.05, 3.63) is 77.4 Å². The first-order valence-corrected chi connectivity index (χ1v) is 8.63. The molecule has 25 heavy (non-hydrogen) atoms. The third-order valence-electron chi connectivity index (χ3n) is 4.89. The van der Waals surface area contributed by atoms with Crippen LogP contribution in [-0.2, 0) is 0 Å². The smallest absolute Gasteiger partial charge is 0.222 e. The largest absolute Gasteiger partial charge is 0.348 e. The Labute approximate surface area is 146 Å². The van der Waals surface area contributed by atoms with Gasteiger partial charge in [-0.25, -0.2) is 9.07 Å². The molecule has 1 aromatic heterocycles. The van der Waals surface area contributed by atoms with Crippen LogP contribution in [-0.4, -0.2) is 14.8 Å². The molecule has 0 unspecified atom stereocenters. The summed E-state index contributed by atoms with van der Waals surface area (Å²) in [6, 6.07) is 15.6. The number of nitrogens with one attached hydrogen (secondary N) is 1. The molecule has 0 aliphatic carbocycles. The number of hydrogen-bond donors (Lipinski definition) is 1. The van der Waals surface area contributed by atoms with E-state index in [-0.39, 0.29) is 17.9 Å². The first-order valence-electron chi connectivity index (χ1n) is 8.63. The van der Waals surface area contributed by atoms with E-state index < -0.39 is 0 Å². The number of anilines is 1. The predicted octanol–water partition coefficient (Wildman–Crippen LogP) is 4.69. The molecule has 2 heterocycles. The van der Waals surface area contributed by atoms with Crippen LogP contribution >= 0.6 is 0 Å². The Hall–Kier alpha value is -2.69. The van der Waals surface area contributed by atoms with Crippen molar-refractivity contribution in [2.75, 3.05) is 5.32 Å². The van der Waals surface area contributed by atoms with E-state index >= 15 is 0 Å². The Morgan fingerprint density at radius 2 is 1.72 bits per heavy atom. The van der Waals surface area contributed by atoms with Gasteiger partial charge in [0.2, 0.25) is 5.95 Å². The van der Waals surface area contributed by atoms with E-state index in [1.807, 2.05) is 16.8 Å². The second-order valence-electron chi connectivity index (χ2n) is 6.85. The second kappa shape index (κ2) is 6.31. The molecule has 0 bridgehead atoms. The Morgan fingerprint density at radius 1 is 1.04 bits per heavy atom. The van der Waals surface area contributed by atoms with Crippen molar-refractivity contribution in [2.24, 2.45) is 0 Å². The molecule has 4 nitrogen and oxygen atoms in total. The molecule has 0 fully saturated rings. The fourth-order valence-electron chi connectivity index (χ4n) is 3.41. The van der Waals surface area contributed by atoms with E-state index in [1.54, 1.807) is 6.33 Å². The van der Waals surface area contributed by atoms with Gasteiger partial charge in [-0.3, -0.25) is 0 Å². The summed E-state index contributed by atoms with van der Waals surface area (Å²) in [4.78, 5) is 4.34. The molecule has 1 aliphatic heterocycles. The molecule has 1 N–H and O–H groups in total. The summed E-state index contributed by atoms with van der Waals surface area (Å²) in [6.45, 7) is 4.39. The van der Waals surface area contributed by atoms with Crippen LogP contribution < -0.4 is 5.32 Å². The maximum absolute atomic E-state index is 13.2. The molecule has 2 aromatic carbocycles. The van der Waals surface area contributed by atoms with E-state index in [1.165, 1.54) is 23.3 Å². The highest BCUT2D eigenvalue weighted by Crippen LogP contribution is 2.37. The molecule has 3 aromatic rings. The highest BCUT2D eigenvalue weighted by atomic mass is 19.1. The lowest BCUT2D eigenvalue weighted by atomic mass is 9.92. The Balaban J connectivity index is 1.68. The normalized spacial score (nSPS) is 19.5. The molecule has 0 saturated heterocycles. The van der Waals surface area contributed by atoms with Crippen LogP contribution in [0.25, 0.3) is 0 Å². The standard InChI is InChI=1S/C20H21FN4/c1-13(2)14-3-5-16(6-4-14)19-11-18(15-7-9-17(21)10-8-15)24-20-22-12-23-25(19)20/h3-10,12-13,18-19H,11H2,1-2H3,(H,22,23,24)/t18-,19+/m0/s1. The fourth-order valence-corrected chi connectivity index (χ4v) is 3.41. The topological polar surface area (TPSA) is 42.7 Å². The second-order valence-corrected chi connectivity index (χ2v) is 6.85. The fraction of sp³-hybridized carbons (Fsp3) is 0.300. The summed E-state index contributed by atoms with van der Waals surface area (Å²) in [6.07, 6.45) is 2.41. The zero-order valence-corrected chi connectivity index (χ0v) is 14.4. The minimum atomic E-state index is -0.219. The molecule has 128 valence electrons. The van der Waals surface area contributed by atoms with Crippen molar-refractivity contribution in [1.29, 1.82) is 0 Å². The van der Waals surface area contributed by atoms with Gasteiger partial charge < -0.3 is 5.32 Å². The molecule has 2 atom stereocenters. The number of hydrogen-bond acceptors (Lipinski definition) is 3. The maximum atomic E-state index is 13.2. The van der Waals surface area contributed by atoms with E-state index in [9.17, 15) is 4.39 Å². The van der Waals surface area contributed by atoms with E-state index in [4.69, 9.17) is 0 Å². The van der Waals surface area contributed by atoms with Crippen LogP contribution in [0.15, 0.2) is 54.9 Å². The number of benzene rings is 2. The third-order valence-corrected chi connectivity index (χ3v) is 4.89. The van der Waals surface area contributed by atoms with Gasteiger partial charge in [0.15, 0.2) is 0 Å². The van der Waals surface area contributed by atoms with Crippen LogP contribution in [0.3, 0.4) is 0 Å². The molecule has 0 spiro atoms. The van der Waals surface area contributed by atoms with E-state index in [2.05, 4.69) is 53.5 Å². The summed E-state index contributed by atoms with van der Waals surface area (Å²) in [7, 11) is 0. The number of rotatable bonds is 3. The Kier molecular flexibility index (Phi) is 3.99. The first-order chi connectivity index (χ1) is 12.1. The van der Waals surface area contributed by atoms with Gasteiger partial charge in [-0.1, -0.05) is 50.2 Å². The van der Waals surface area contributed by atoms with Crippen molar-refractivity contribution < 1.29 is 4.39 Å². The summed E-state index contributed by atoms with van der Waals surface area (Å²) < 4.78 is 15.2. The molecule has 1 aliphatic rings. The van der Waals surface area contributed by atoms with Gasteiger partial charge in [-0.2, -0.15) is 10.1 Å². The van der Waals surface area contributed by atoms with Gasteiger partial charge in [0.05, 0.1) is 12.1 Å². The van der Waals surface area contributed by atoms with E-state index in [0.29, 0.717) is 5.92 Å². The van der Waals surface area contributed by atoms with E-state index in [0.717, 1.165) is 17.9 Å². The third kappa shape index (κ3) is 3.02. The SMILES string of the molecule is CC(C)c1ccc([C@H]2C[C@@H](c3ccc(F)cc3)Nc3ncnn32)cc1. The monoisotopic (exact) mass is 336 g/mol. The quantitative estimate of drug-likeness (QED) is 0.755. The predicted molar refractivity (Wildman–Crippen MR) is 96.1 cm³/mol. The average molecular weight is 336 g/mol. The van der Waals surface area contributed by atoms with Crippen molar-refractivity contribution in [2.45, 2.75) is 38.3 Å². The molecular weight excluding hydrogens is 315 g/mol. The van der Waals surface area contributed by atoms with Crippen LogP contribution in [0.1, 0.15) is 55.0 Å². The number of fused-ring (bicyclic) bond motifs is 1. The molecule has 0 amide bonds. The number of aromatic nitrogens is 3. The highest BCUT2D eigenvalue weighted by Gasteiger charge is 2.29. The minimum absolute atomic E-state index is 0.0760. The summed E-state index contributed by atoms with van der Waals surface area (Å²) in [5.41, 5.74) is 3.59. The maximum Gasteiger partial charge on any atom is 0.222 e. The number of nitrogens with zero attached hydrogens (tertiary/aromatic N) is 3.